The molecule has 1 amide bonds. The van der Waals surface area contributed by atoms with E-state index in [0.717, 1.165) is 36.9 Å². The quantitative estimate of drug-likeness (QED) is 0.900. The van der Waals surface area contributed by atoms with Crippen molar-refractivity contribution in [1.82, 2.24) is 20.5 Å². The lowest BCUT2D eigenvalue weighted by molar-refractivity contribution is -0.141. The molecule has 0 saturated heterocycles. The lowest BCUT2D eigenvalue weighted by Crippen LogP contribution is -2.57. The van der Waals surface area contributed by atoms with Crippen LogP contribution in [0.2, 0.25) is 0 Å². The second kappa shape index (κ2) is 4.56. The molecule has 5 nitrogen and oxygen atoms in total. The number of H-pyrrole nitrogens is 1. The van der Waals surface area contributed by atoms with Crippen molar-refractivity contribution in [3.8, 4) is 0 Å². The van der Waals surface area contributed by atoms with Gasteiger partial charge in [0.2, 0.25) is 5.91 Å². The molecule has 4 bridgehead atoms. The number of rotatable bonds is 3. The largest absolute Gasteiger partial charge is 0.343 e. The topological polar surface area (TPSA) is 70.7 Å². The van der Waals surface area contributed by atoms with Gasteiger partial charge in [0, 0.05) is 5.92 Å². The Bertz CT molecular complexity index is 549. The van der Waals surface area contributed by atoms with Crippen molar-refractivity contribution in [2.45, 2.75) is 56.9 Å². The molecule has 5 aliphatic rings. The minimum absolute atomic E-state index is 0.258. The maximum Gasteiger partial charge on any atom is 0.224 e. The van der Waals surface area contributed by atoms with E-state index in [4.69, 9.17) is 0 Å². The highest BCUT2D eigenvalue weighted by Gasteiger charge is 2.52. The Morgan fingerprint density at radius 2 is 1.82 bits per heavy atom. The summed E-state index contributed by atoms with van der Waals surface area (Å²) >= 11 is 0. The molecule has 0 atom stereocenters. The zero-order chi connectivity index (χ0) is 14.7. The molecule has 0 spiro atoms. The zero-order valence-corrected chi connectivity index (χ0v) is 12.9. The van der Waals surface area contributed by atoms with Crippen molar-refractivity contribution in [2.75, 3.05) is 0 Å². The Hall–Kier alpha value is -1.39. The highest BCUT2D eigenvalue weighted by atomic mass is 16.2. The van der Waals surface area contributed by atoms with Gasteiger partial charge in [-0.15, -0.1) is 0 Å². The van der Waals surface area contributed by atoms with E-state index in [1.165, 1.54) is 32.1 Å². The second-order valence-corrected chi connectivity index (χ2v) is 8.22. The third-order valence-electron chi connectivity index (χ3n) is 6.97. The maximum atomic E-state index is 13.1. The first-order chi connectivity index (χ1) is 10.7. The van der Waals surface area contributed by atoms with Crippen LogP contribution in [-0.2, 0) is 10.3 Å². The average molecular weight is 300 g/mol. The molecule has 0 radical (unpaired) electrons. The van der Waals surface area contributed by atoms with Crippen LogP contribution in [0.1, 0.15) is 57.2 Å². The SMILES string of the molecule is O=C(NC1(c2ncn[nH]2)CCC1)C1C2CC3CC(C2)CC1C3. The van der Waals surface area contributed by atoms with E-state index in [1.54, 1.807) is 6.33 Å². The number of hydrogen-bond acceptors (Lipinski definition) is 3. The molecule has 5 heteroatoms. The summed E-state index contributed by atoms with van der Waals surface area (Å²) in [7, 11) is 0. The number of nitrogens with one attached hydrogen (secondary N) is 2. The van der Waals surface area contributed by atoms with Crippen LogP contribution in [0, 0.1) is 29.6 Å². The number of aromatic amines is 1. The van der Waals surface area contributed by atoms with E-state index in [2.05, 4.69) is 20.5 Å². The fourth-order valence-electron chi connectivity index (χ4n) is 6.06. The van der Waals surface area contributed by atoms with E-state index < -0.39 is 0 Å². The summed E-state index contributed by atoms with van der Waals surface area (Å²) in [5, 5.41) is 10.3. The van der Waals surface area contributed by atoms with E-state index in [0.29, 0.717) is 17.7 Å². The van der Waals surface area contributed by atoms with Crippen LogP contribution in [0.15, 0.2) is 6.33 Å². The smallest absolute Gasteiger partial charge is 0.224 e. The number of carbonyl (C=O) groups excluding carboxylic acids is 1. The molecule has 1 aromatic heterocycles. The van der Waals surface area contributed by atoms with Crippen molar-refractivity contribution in [3.63, 3.8) is 0 Å². The Kier molecular flexibility index (Phi) is 2.71. The van der Waals surface area contributed by atoms with Crippen molar-refractivity contribution in [3.05, 3.63) is 12.2 Å². The summed E-state index contributed by atoms with van der Waals surface area (Å²) in [6.07, 6.45) is 11.3. The predicted octanol–water partition coefficient (Wildman–Crippen LogP) is 2.37. The van der Waals surface area contributed by atoms with Crippen molar-refractivity contribution in [2.24, 2.45) is 29.6 Å². The summed E-state index contributed by atoms with van der Waals surface area (Å²) < 4.78 is 0. The van der Waals surface area contributed by atoms with Crippen LogP contribution in [0.4, 0.5) is 0 Å². The summed E-state index contributed by atoms with van der Waals surface area (Å²) in [5.41, 5.74) is -0.262. The number of aromatic nitrogens is 3. The van der Waals surface area contributed by atoms with E-state index >= 15 is 0 Å². The van der Waals surface area contributed by atoms with Gasteiger partial charge in [0.25, 0.3) is 0 Å². The third kappa shape index (κ3) is 1.80. The predicted molar refractivity (Wildman–Crippen MR) is 80.6 cm³/mol. The van der Waals surface area contributed by atoms with Gasteiger partial charge in [-0.25, -0.2) is 4.98 Å². The van der Waals surface area contributed by atoms with Crippen LogP contribution in [0.25, 0.3) is 0 Å². The fourth-order valence-corrected chi connectivity index (χ4v) is 6.06. The number of amides is 1. The monoisotopic (exact) mass is 300 g/mol. The molecule has 5 fully saturated rings. The Morgan fingerprint density at radius 1 is 1.14 bits per heavy atom. The van der Waals surface area contributed by atoms with Gasteiger partial charge in [-0.05, 0) is 75.0 Å². The molecule has 6 rings (SSSR count). The first kappa shape index (κ1) is 13.1. The van der Waals surface area contributed by atoms with Gasteiger partial charge in [-0.1, -0.05) is 0 Å². The van der Waals surface area contributed by atoms with E-state index in [1.807, 2.05) is 0 Å². The van der Waals surface area contributed by atoms with Crippen LogP contribution in [0.3, 0.4) is 0 Å². The summed E-state index contributed by atoms with van der Waals surface area (Å²) in [6.45, 7) is 0. The first-order valence-electron chi connectivity index (χ1n) is 8.91. The molecule has 118 valence electrons. The minimum atomic E-state index is -0.262. The maximum absolute atomic E-state index is 13.1. The van der Waals surface area contributed by atoms with Gasteiger partial charge in [-0.2, -0.15) is 5.10 Å². The van der Waals surface area contributed by atoms with Crippen LogP contribution < -0.4 is 5.32 Å². The standard InChI is InChI=1S/C17H24N4O/c22-15(20-17(2-1-3-17)16-18-9-19-21-16)14-12-5-10-4-11(7-12)8-13(14)6-10/h9-14H,1-8H2,(H,20,22)(H,18,19,21). The molecule has 1 aromatic rings. The van der Waals surface area contributed by atoms with Crippen molar-refractivity contribution >= 4 is 5.91 Å². The molecule has 0 unspecified atom stereocenters. The molecular weight excluding hydrogens is 276 g/mol. The highest BCUT2D eigenvalue weighted by molar-refractivity contribution is 5.80. The Balaban J connectivity index is 1.37. The summed E-state index contributed by atoms with van der Waals surface area (Å²) in [5.74, 6) is 4.51. The van der Waals surface area contributed by atoms with Gasteiger partial charge < -0.3 is 5.32 Å². The van der Waals surface area contributed by atoms with Crippen molar-refractivity contribution in [1.29, 1.82) is 0 Å². The Morgan fingerprint density at radius 3 is 2.32 bits per heavy atom. The third-order valence-corrected chi connectivity index (χ3v) is 6.97. The molecule has 22 heavy (non-hydrogen) atoms. The molecule has 0 aromatic carbocycles. The average Bonchev–Trinajstić information content (AvgIpc) is 2.96. The van der Waals surface area contributed by atoms with Gasteiger partial charge in [0.15, 0.2) is 0 Å². The normalized spacial score (nSPS) is 41.2. The van der Waals surface area contributed by atoms with Gasteiger partial charge in [-0.3, -0.25) is 9.89 Å². The van der Waals surface area contributed by atoms with E-state index in [-0.39, 0.29) is 11.5 Å². The Labute approximate surface area is 130 Å². The fraction of sp³-hybridized carbons (Fsp3) is 0.824. The lowest BCUT2D eigenvalue weighted by Gasteiger charge is -2.54. The number of hydrogen-bond donors (Lipinski definition) is 2. The van der Waals surface area contributed by atoms with Gasteiger partial charge >= 0.3 is 0 Å². The molecular formula is C17H24N4O. The summed E-state index contributed by atoms with van der Waals surface area (Å²) in [6, 6.07) is 0. The number of carbonyl (C=O) groups is 1. The first-order valence-corrected chi connectivity index (χ1v) is 8.91. The highest BCUT2D eigenvalue weighted by Crippen LogP contribution is 2.56. The zero-order valence-electron chi connectivity index (χ0n) is 12.9. The minimum Gasteiger partial charge on any atom is -0.343 e. The molecule has 0 aliphatic heterocycles. The van der Waals surface area contributed by atoms with Gasteiger partial charge in [0.1, 0.15) is 12.2 Å². The van der Waals surface area contributed by atoms with Gasteiger partial charge in [0.05, 0.1) is 5.54 Å². The number of nitrogens with zero attached hydrogens (tertiary/aromatic N) is 2. The molecule has 2 N–H and O–H groups in total. The van der Waals surface area contributed by atoms with Crippen LogP contribution in [-0.4, -0.2) is 21.1 Å². The van der Waals surface area contributed by atoms with E-state index in [9.17, 15) is 4.79 Å². The lowest BCUT2D eigenvalue weighted by atomic mass is 9.51. The molecule has 5 aliphatic carbocycles. The molecule has 5 saturated carbocycles. The van der Waals surface area contributed by atoms with Crippen LogP contribution >= 0.6 is 0 Å². The summed E-state index contributed by atoms with van der Waals surface area (Å²) in [4.78, 5) is 17.4. The van der Waals surface area contributed by atoms with Crippen LogP contribution in [0.5, 0.6) is 0 Å². The second-order valence-electron chi connectivity index (χ2n) is 8.22. The molecule has 1 heterocycles. The van der Waals surface area contributed by atoms with Crippen molar-refractivity contribution < 1.29 is 4.79 Å².